The summed E-state index contributed by atoms with van der Waals surface area (Å²) in [6.45, 7) is 0.308. The number of carbonyl (C=O) groups is 2. The Morgan fingerprint density at radius 1 is 1.00 bits per heavy atom. The van der Waals surface area contributed by atoms with E-state index in [1.807, 2.05) is 36.4 Å². The second kappa shape index (κ2) is 5.98. The Balaban J connectivity index is 1.45. The summed E-state index contributed by atoms with van der Waals surface area (Å²) < 4.78 is 1.52. The topological polar surface area (TPSA) is 99.0 Å². The molecular weight excluding hydrogens is 446 g/mol. The molecule has 0 radical (unpaired) electrons. The number of fused-ring (bicyclic) bond motifs is 4. The first-order valence-corrected chi connectivity index (χ1v) is 12.1. The molecule has 5 aliphatic heterocycles. The number of hydrogen-bond acceptors (Lipinski definition) is 6. The van der Waals surface area contributed by atoms with Gasteiger partial charge in [0.25, 0.3) is 5.56 Å². The summed E-state index contributed by atoms with van der Waals surface area (Å²) in [6, 6.07) is 13.1. The smallest absolute Gasteiger partial charge is 0.262 e. The number of anilines is 1. The maximum absolute atomic E-state index is 13.8. The minimum atomic E-state index is -1.51. The Hall–Kier alpha value is -3.56. The zero-order valence-corrected chi connectivity index (χ0v) is 19.1. The van der Waals surface area contributed by atoms with Crippen LogP contribution in [-0.4, -0.2) is 61.6 Å². The minimum Gasteiger partial charge on any atom is -0.381 e. The van der Waals surface area contributed by atoms with Crippen molar-refractivity contribution in [2.24, 2.45) is 0 Å². The molecule has 4 unspecified atom stereocenters. The zero-order chi connectivity index (χ0) is 23.9. The third-order valence-corrected chi connectivity index (χ3v) is 8.91. The van der Waals surface area contributed by atoms with Gasteiger partial charge in [-0.1, -0.05) is 30.3 Å². The van der Waals surface area contributed by atoms with Crippen LogP contribution in [0.5, 0.6) is 0 Å². The van der Waals surface area contributed by atoms with Crippen LogP contribution in [-0.2, 0) is 15.2 Å². The highest BCUT2D eigenvalue weighted by molar-refractivity contribution is 6.07. The van der Waals surface area contributed by atoms with E-state index in [-0.39, 0.29) is 23.8 Å². The Bertz CT molecular complexity index is 1560. The molecule has 3 fully saturated rings. The van der Waals surface area contributed by atoms with Crippen molar-refractivity contribution in [3.63, 3.8) is 0 Å². The highest BCUT2D eigenvalue weighted by atomic mass is 16.3. The van der Waals surface area contributed by atoms with Crippen molar-refractivity contribution in [3.8, 4) is 0 Å². The van der Waals surface area contributed by atoms with E-state index in [4.69, 9.17) is 4.98 Å². The third kappa shape index (κ3) is 2.09. The second-order valence-corrected chi connectivity index (χ2v) is 10.5. The summed E-state index contributed by atoms with van der Waals surface area (Å²) in [5.41, 5.74) is -0.558. The standard InChI is InChI=1S/C26H23N5O4/c1-28-19-13-29-23-26(35,15-7-3-5-9-17(15)31(23)24(34)25(29)10-11-25)12-18(22(28)33)30-20(19)27-16-8-4-2-6-14(16)21(30)32/h2-9,18-19,23,35H,10-13H2,1H3. The van der Waals surface area contributed by atoms with Crippen molar-refractivity contribution in [3.05, 3.63) is 70.3 Å². The van der Waals surface area contributed by atoms with E-state index in [0.717, 1.165) is 0 Å². The van der Waals surface area contributed by atoms with Crippen LogP contribution in [0.3, 0.4) is 0 Å². The van der Waals surface area contributed by atoms with Gasteiger partial charge in [-0.3, -0.25) is 28.8 Å². The van der Waals surface area contributed by atoms with E-state index >= 15 is 0 Å². The lowest BCUT2D eigenvalue weighted by Crippen LogP contribution is -2.53. The maximum atomic E-state index is 13.8. The van der Waals surface area contributed by atoms with Crippen LogP contribution >= 0.6 is 0 Å². The van der Waals surface area contributed by atoms with Gasteiger partial charge in [0.2, 0.25) is 11.8 Å². The first-order valence-electron chi connectivity index (χ1n) is 12.1. The first-order chi connectivity index (χ1) is 16.9. The molecule has 9 heteroatoms. The number of aromatic nitrogens is 2. The molecule has 9 rings (SSSR count). The molecule has 1 aromatic heterocycles. The molecule has 1 spiro atoms. The van der Waals surface area contributed by atoms with E-state index in [2.05, 4.69) is 4.90 Å². The molecule has 6 heterocycles. The molecule has 35 heavy (non-hydrogen) atoms. The lowest BCUT2D eigenvalue weighted by atomic mass is 9.85. The van der Waals surface area contributed by atoms with E-state index in [9.17, 15) is 19.5 Å². The van der Waals surface area contributed by atoms with Gasteiger partial charge in [0.05, 0.1) is 16.6 Å². The Morgan fingerprint density at radius 2 is 1.74 bits per heavy atom. The summed E-state index contributed by atoms with van der Waals surface area (Å²) in [5.74, 6) is 0.308. The summed E-state index contributed by atoms with van der Waals surface area (Å²) in [4.78, 5) is 51.7. The van der Waals surface area contributed by atoms with Crippen LogP contribution < -0.4 is 10.5 Å². The minimum absolute atomic E-state index is 0.0140. The monoisotopic (exact) mass is 469 g/mol. The summed E-state index contributed by atoms with van der Waals surface area (Å²) in [7, 11) is 1.74. The number of carbonyl (C=O) groups excluding carboxylic acids is 2. The van der Waals surface area contributed by atoms with Gasteiger partial charge in [0.1, 0.15) is 35.2 Å². The van der Waals surface area contributed by atoms with Crippen LogP contribution in [0.4, 0.5) is 5.69 Å². The number of likely N-dealkylation sites (N-methyl/N-ethyl adjacent to an activating group) is 1. The lowest BCUT2D eigenvalue weighted by molar-refractivity contribution is -0.140. The number of amides is 2. The summed E-state index contributed by atoms with van der Waals surface area (Å²) >= 11 is 0. The van der Waals surface area contributed by atoms with Gasteiger partial charge in [-0.25, -0.2) is 4.98 Å². The first kappa shape index (κ1) is 19.7. The van der Waals surface area contributed by atoms with Gasteiger partial charge in [0, 0.05) is 25.6 Å². The quantitative estimate of drug-likeness (QED) is 0.532. The van der Waals surface area contributed by atoms with E-state index in [0.29, 0.717) is 47.4 Å². The predicted octanol–water partition coefficient (Wildman–Crippen LogP) is 1.26. The largest absolute Gasteiger partial charge is 0.381 e. The SMILES string of the molecule is CN1C(=O)C2CC3(O)c4ccccc4N4C(=O)C5(CC5)N(CC1c1nc5ccccc5c(=O)n12)C43. The fourth-order valence-electron chi connectivity index (χ4n) is 7.08. The van der Waals surface area contributed by atoms with E-state index in [1.54, 1.807) is 29.0 Å². The van der Waals surface area contributed by atoms with Gasteiger partial charge >= 0.3 is 0 Å². The van der Waals surface area contributed by atoms with Crippen molar-refractivity contribution in [1.82, 2.24) is 19.4 Å². The van der Waals surface area contributed by atoms with Crippen molar-refractivity contribution in [2.75, 3.05) is 18.5 Å². The second-order valence-electron chi connectivity index (χ2n) is 10.5. The Morgan fingerprint density at radius 3 is 2.54 bits per heavy atom. The molecule has 2 amide bonds. The van der Waals surface area contributed by atoms with E-state index < -0.39 is 29.4 Å². The van der Waals surface area contributed by atoms with Crippen LogP contribution in [0.2, 0.25) is 0 Å². The van der Waals surface area contributed by atoms with Crippen LogP contribution in [0.15, 0.2) is 53.3 Å². The molecule has 3 aromatic rings. The molecule has 1 N–H and O–H groups in total. The Kier molecular flexibility index (Phi) is 3.37. The third-order valence-electron chi connectivity index (χ3n) is 8.91. The predicted molar refractivity (Wildman–Crippen MR) is 125 cm³/mol. The number of hydrogen-bond donors (Lipinski definition) is 1. The van der Waals surface area contributed by atoms with Gasteiger partial charge < -0.3 is 10.0 Å². The molecule has 2 saturated heterocycles. The van der Waals surface area contributed by atoms with Crippen molar-refractivity contribution >= 4 is 28.4 Å². The fraction of sp³-hybridized carbons (Fsp3) is 0.385. The number of aliphatic hydroxyl groups is 1. The van der Waals surface area contributed by atoms with E-state index in [1.165, 1.54) is 4.57 Å². The average Bonchev–Trinajstić information content (AvgIpc) is 3.56. The molecular formula is C26H23N5O4. The van der Waals surface area contributed by atoms with Crippen molar-refractivity contribution in [2.45, 2.75) is 48.7 Å². The highest BCUT2D eigenvalue weighted by Gasteiger charge is 2.73. The normalized spacial score (nSPS) is 31.9. The number of nitrogens with zero attached hydrogens (tertiary/aromatic N) is 5. The van der Waals surface area contributed by atoms with Crippen LogP contribution in [0.25, 0.3) is 10.9 Å². The molecule has 1 saturated carbocycles. The molecule has 4 atom stereocenters. The highest BCUT2D eigenvalue weighted by Crippen LogP contribution is 2.61. The van der Waals surface area contributed by atoms with Gasteiger partial charge in [-0.15, -0.1) is 0 Å². The number of rotatable bonds is 0. The summed E-state index contributed by atoms with van der Waals surface area (Å²) in [5, 5.41) is 12.9. The maximum Gasteiger partial charge on any atom is 0.262 e. The molecule has 176 valence electrons. The zero-order valence-electron chi connectivity index (χ0n) is 19.1. The lowest BCUT2D eigenvalue weighted by Gasteiger charge is -2.39. The van der Waals surface area contributed by atoms with Crippen molar-refractivity contribution < 1.29 is 14.7 Å². The Labute approximate surface area is 200 Å². The van der Waals surface area contributed by atoms with Crippen molar-refractivity contribution in [1.29, 1.82) is 0 Å². The average molecular weight is 470 g/mol. The molecule has 9 nitrogen and oxygen atoms in total. The molecule has 6 aliphatic rings. The van der Waals surface area contributed by atoms with Crippen LogP contribution in [0.1, 0.15) is 42.7 Å². The molecule has 2 bridgehead atoms. The molecule has 1 aliphatic carbocycles. The van der Waals surface area contributed by atoms with Gasteiger partial charge in [-0.05, 0) is 31.0 Å². The summed E-state index contributed by atoms with van der Waals surface area (Å²) in [6.07, 6.45) is 0.776. The van der Waals surface area contributed by atoms with Gasteiger partial charge in [-0.2, -0.15) is 0 Å². The fourth-order valence-corrected chi connectivity index (χ4v) is 7.08. The molecule has 2 aromatic carbocycles. The van der Waals surface area contributed by atoms with Gasteiger partial charge in [0.15, 0.2) is 0 Å². The number of para-hydroxylation sites is 2. The number of benzene rings is 2. The van der Waals surface area contributed by atoms with Crippen LogP contribution in [0, 0.1) is 0 Å².